The van der Waals surface area contributed by atoms with Crippen LogP contribution in [0.2, 0.25) is 0 Å². The number of oxime groups is 1. The van der Waals surface area contributed by atoms with E-state index in [9.17, 15) is 19.5 Å². The number of fused-ring (bicyclic) bond motifs is 1. The SMILES string of the molecule is O=C(O)C1=C(COC(=O)N2CCCC2)CS[C@H]2C(NC(=O)/C(=N\OC(c3ccccc3)(c3ccccc3)c3ccccc3)c3csc(NC(c4ccccc4)(c4ccccc4)c4ccccc4)n3)C(=O)N12. The van der Waals surface area contributed by atoms with Crippen molar-refractivity contribution in [3.63, 3.8) is 0 Å². The summed E-state index contributed by atoms with van der Waals surface area (Å²) in [7, 11) is 0. The minimum absolute atomic E-state index is 0.153. The molecule has 3 amide bonds. The first-order chi connectivity index (χ1) is 34.8. The lowest BCUT2D eigenvalue weighted by Crippen LogP contribution is -2.71. The molecule has 2 atom stereocenters. The Morgan fingerprint density at radius 3 is 1.62 bits per heavy atom. The van der Waals surface area contributed by atoms with E-state index in [0.717, 1.165) is 51.1 Å². The molecule has 0 spiro atoms. The zero-order chi connectivity index (χ0) is 48.8. The first-order valence-electron chi connectivity index (χ1n) is 23.2. The Kier molecular flexibility index (Phi) is 13.5. The zero-order valence-electron chi connectivity index (χ0n) is 38.3. The number of hydrogen-bond donors (Lipinski definition) is 3. The number of nitrogens with zero attached hydrogens (tertiary/aromatic N) is 4. The minimum Gasteiger partial charge on any atom is -0.477 e. The molecule has 10 rings (SSSR count). The Hall–Kier alpha value is -8.01. The number of ether oxygens (including phenoxy) is 1. The van der Waals surface area contributed by atoms with E-state index >= 15 is 4.79 Å². The van der Waals surface area contributed by atoms with E-state index in [1.54, 1.807) is 10.3 Å². The number of anilines is 1. The second-order valence-electron chi connectivity index (χ2n) is 17.2. The standard InChI is InChI=1S/C56H48N6O7S2/c63-49(58-47-50(64)62-48(52(65)66)38(36-70-51(47)62)35-68-54(67)61-33-19-20-34-61)46(60-69-56(42-27-13-4-14-28-42,43-29-15-5-16-30-43)44-31-17-6-18-32-44)45-37-71-53(57-45)59-55(39-21-7-1-8-22-39,40-23-9-2-10-24-40)41-25-11-3-12-26-41/h1-18,21-32,37,47,51H,19-20,33-36H2,(H,57,59)(H,58,63)(H,65,66)/b60-46-/t47?,51-/m0/s1. The summed E-state index contributed by atoms with van der Waals surface area (Å²) in [5, 5.41) is 23.3. The highest BCUT2D eigenvalue weighted by Gasteiger charge is 2.55. The average Bonchev–Trinajstić information content (AvgIpc) is 4.15. The molecule has 6 aromatic carbocycles. The summed E-state index contributed by atoms with van der Waals surface area (Å²) in [4.78, 5) is 69.4. The van der Waals surface area contributed by atoms with E-state index in [0.29, 0.717) is 23.8 Å². The van der Waals surface area contributed by atoms with Crippen LogP contribution >= 0.6 is 23.1 Å². The Bertz CT molecular complexity index is 2890. The van der Waals surface area contributed by atoms with Crippen LogP contribution in [0.4, 0.5) is 9.93 Å². The number of thiazole rings is 1. The maximum Gasteiger partial charge on any atom is 0.410 e. The molecule has 356 valence electrons. The van der Waals surface area contributed by atoms with E-state index in [4.69, 9.17) is 19.7 Å². The van der Waals surface area contributed by atoms with Gasteiger partial charge in [-0.3, -0.25) is 14.5 Å². The molecule has 2 fully saturated rings. The van der Waals surface area contributed by atoms with Crippen LogP contribution < -0.4 is 10.6 Å². The maximum atomic E-state index is 15.1. The third kappa shape index (κ3) is 9.05. The molecular formula is C56H48N6O7S2. The highest BCUT2D eigenvalue weighted by molar-refractivity contribution is 8.00. The van der Waals surface area contributed by atoms with Crippen molar-refractivity contribution >= 4 is 57.8 Å². The van der Waals surface area contributed by atoms with Gasteiger partial charge in [0.1, 0.15) is 35.0 Å². The summed E-state index contributed by atoms with van der Waals surface area (Å²) < 4.78 is 5.52. The van der Waals surface area contributed by atoms with Crippen molar-refractivity contribution in [2.24, 2.45) is 5.16 Å². The van der Waals surface area contributed by atoms with Crippen LogP contribution in [0.25, 0.3) is 0 Å². The number of aromatic nitrogens is 1. The molecule has 3 aliphatic rings. The van der Waals surface area contributed by atoms with Gasteiger partial charge in [-0.1, -0.05) is 187 Å². The van der Waals surface area contributed by atoms with Crippen molar-refractivity contribution < 1.29 is 33.9 Å². The number of amides is 3. The lowest BCUT2D eigenvalue weighted by Gasteiger charge is -2.49. The molecule has 3 aliphatic heterocycles. The molecule has 1 aromatic heterocycles. The Morgan fingerprint density at radius 1 is 0.690 bits per heavy atom. The Morgan fingerprint density at radius 2 is 1.15 bits per heavy atom. The molecule has 71 heavy (non-hydrogen) atoms. The van der Waals surface area contributed by atoms with Gasteiger partial charge in [0.2, 0.25) is 5.60 Å². The summed E-state index contributed by atoms with van der Waals surface area (Å²) in [6.45, 7) is 0.865. The fourth-order valence-corrected chi connectivity index (χ4v) is 11.6. The number of benzene rings is 6. The fourth-order valence-electron chi connectivity index (χ4n) is 9.52. The summed E-state index contributed by atoms with van der Waals surface area (Å²) in [6.07, 6.45) is 1.22. The van der Waals surface area contributed by atoms with E-state index in [1.807, 2.05) is 146 Å². The van der Waals surface area contributed by atoms with Crippen LogP contribution in [-0.4, -0.2) is 86.3 Å². The van der Waals surface area contributed by atoms with Gasteiger partial charge in [-0.15, -0.1) is 23.1 Å². The van der Waals surface area contributed by atoms with Crippen LogP contribution in [0.15, 0.2) is 204 Å². The smallest absolute Gasteiger partial charge is 0.410 e. The van der Waals surface area contributed by atoms with Crippen molar-refractivity contribution in [1.29, 1.82) is 0 Å². The maximum absolute atomic E-state index is 15.1. The van der Waals surface area contributed by atoms with Gasteiger partial charge < -0.3 is 30.2 Å². The zero-order valence-corrected chi connectivity index (χ0v) is 39.9. The Labute approximate surface area is 418 Å². The molecule has 0 radical (unpaired) electrons. The number of carbonyl (C=O) groups excluding carboxylic acids is 3. The van der Waals surface area contributed by atoms with E-state index in [2.05, 4.69) is 47.0 Å². The molecule has 0 bridgehead atoms. The first-order valence-corrected chi connectivity index (χ1v) is 25.2. The van der Waals surface area contributed by atoms with E-state index in [1.165, 1.54) is 23.1 Å². The van der Waals surface area contributed by atoms with Gasteiger partial charge in [-0.2, -0.15) is 0 Å². The van der Waals surface area contributed by atoms with Crippen molar-refractivity contribution in [1.82, 2.24) is 20.1 Å². The quantitative estimate of drug-likeness (QED) is 0.0368. The topological polar surface area (TPSA) is 163 Å². The summed E-state index contributed by atoms with van der Waals surface area (Å²) >= 11 is 2.55. The number of nitrogens with one attached hydrogen (secondary N) is 2. The van der Waals surface area contributed by atoms with Gasteiger partial charge in [0, 0.05) is 46.5 Å². The molecule has 4 heterocycles. The third-order valence-corrected chi connectivity index (χ3v) is 15.1. The monoisotopic (exact) mass is 980 g/mol. The largest absolute Gasteiger partial charge is 0.477 e. The molecule has 0 aliphatic carbocycles. The number of β-lactam (4-membered cyclic amide) rings is 1. The fraction of sp³-hybridized carbons (Fsp3) is 0.179. The average molecular weight is 981 g/mol. The molecule has 0 saturated carbocycles. The van der Waals surface area contributed by atoms with Crippen LogP contribution in [-0.2, 0) is 35.1 Å². The first kappa shape index (κ1) is 46.7. The predicted molar refractivity (Wildman–Crippen MR) is 274 cm³/mol. The normalized spacial score (nSPS) is 17.0. The summed E-state index contributed by atoms with van der Waals surface area (Å²) in [5.41, 5.74) is 2.69. The Balaban J connectivity index is 1.04. The molecule has 2 saturated heterocycles. The van der Waals surface area contributed by atoms with Crippen LogP contribution in [0.5, 0.6) is 0 Å². The van der Waals surface area contributed by atoms with Crippen LogP contribution in [0.3, 0.4) is 0 Å². The number of aliphatic carboxylic acids is 1. The number of thioether (sulfide) groups is 1. The molecule has 1 unspecified atom stereocenters. The number of likely N-dealkylation sites (tertiary alicyclic amines) is 1. The number of carboxylic acid groups (broad SMARTS) is 1. The van der Waals surface area contributed by atoms with Crippen molar-refractivity contribution in [2.75, 3.05) is 30.8 Å². The lowest BCUT2D eigenvalue weighted by molar-refractivity contribution is -0.150. The molecular weight excluding hydrogens is 933 g/mol. The van der Waals surface area contributed by atoms with Gasteiger partial charge in [0.25, 0.3) is 11.8 Å². The van der Waals surface area contributed by atoms with Gasteiger partial charge in [-0.05, 0) is 29.5 Å². The van der Waals surface area contributed by atoms with Crippen LogP contribution in [0.1, 0.15) is 51.9 Å². The minimum atomic E-state index is -1.38. The van der Waals surface area contributed by atoms with E-state index in [-0.39, 0.29) is 29.5 Å². The van der Waals surface area contributed by atoms with Crippen molar-refractivity contribution in [2.45, 2.75) is 35.4 Å². The van der Waals surface area contributed by atoms with Gasteiger partial charge in [-0.25, -0.2) is 14.6 Å². The number of hydrogen-bond acceptors (Lipinski definition) is 11. The molecule has 3 N–H and O–H groups in total. The second kappa shape index (κ2) is 20.5. The van der Waals surface area contributed by atoms with Crippen molar-refractivity contribution in [3.8, 4) is 0 Å². The second-order valence-corrected chi connectivity index (χ2v) is 19.2. The van der Waals surface area contributed by atoms with Gasteiger partial charge in [0.15, 0.2) is 10.8 Å². The summed E-state index contributed by atoms with van der Waals surface area (Å²) in [6, 6.07) is 57.9. The van der Waals surface area contributed by atoms with Crippen LogP contribution in [0, 0.1) is 0 Å². The highest BCUT2D eigenvalue weighted by Crippen LogP contribution is 2.44. The number of carbonyl (C=O) groups is 4. The molecule has 13 nitrogen and oxygen atoms in total. The molecule has 7 aromatic rings. The predicted octanol–water partition coefficient (Wildman–Crippen LogP) is 9.23. The van der Waals surface area contributed by atoms with Gasteiger partial charge >= 0.3 is 12.1 Å². The third-order valence-electron chi connectivity index (χ3n) is 13.0. The summed E-state index contributed by atoms with van der Waals surface area (Å²) in [5.74, 6) is -2.59. The van der Waals surface area contributed by atoms with E-state index < -0.39 is 46.4 Å². The van der Waals surface area contributed by atoms with Crippen molar-refractivity contribution in [3.05, 3.63) is 238 Å². The number of rotatable bonds is 16. The highest BCUT2D eigenvalue weighted by atomic mass is 32.2. The molecule has 15 heteroatoms. The lowest BCUT2D eigenvalue weighted by atomic mass is 9.77. The van der Waals surface area contributed by atoms with Gasteiger partial charge in [0.05, 0.1) is 0 Å². The number of carboxylic acids is 1.